The first-order chi connectivity index (χ1) is 9.04. The zero-order valence-electron chi connectivity index (χ0n) is 12.3. The Morgan fingerprint density at radius 1 is 1.37 bits per heavy atom. The molecule has 1 aromatic heterocycles. The summed E-state index contributed by atoms with van der Waals surface area (Å²) in [4.78, 5) is 0. The Morgan fingerprint density at radius 3 is 2.53 bits per heavy atom. The molecule has 1 rings (SSSR count). The van der Waals surface area contributed by atoms with Crippen LogP contribution in [-0.2, 0) is 24.6 Å². The molecule has 0 fully saturated rings. The lowest BCUT2D eigenvalue weighted by Crippen LogP contribution is -2.31. The normalized spacial score (nSPS) is 14.6. The minimum atomic E-state index is -0.544. The molecular formula is C14H25ClN2O2. The summed E-state index contributed by atoms with van der Waals surface area (Å²) < 4.78 is 7.37. The highest BCUT2D eigenvalue weighted by Crippen LogP contribution is 2.23. The zero-order chi connectivity index (χ0) is 14.4. The molecule has 0 aliphatic heterocycles. The van der Waals surface area contributed by atoms with Crippen LogP contribution in [0.4, 0.5) is 0 Å². The quantitative estimate of drug-likeness (QED) is 0.800. The maximum absolute atomic E-state index is 10.3. The number of aliphatic hydroxyl groups is 1. The number of ether oxygens (including phenoxy) is 1. The standard InChI is InChI=1S/C14H25ClN2O2/c1-5-8-13(19-7-3)12(18)9-11-14(15)10(6-2)16-17(11)4/h12-13,18H,5-9H2,1-4H3. The maximum atomic E-state index is 10.3. The second-order valence-corrected chi connectivity index (χ2v) is 5.12. The first-order valence-electron chi connectivity index (χ1n) is 7.04. The van der Waals surface area contributed by atoms with E-state index in [0.29, 0.717) is 18.1 Å². The molecular weight excluding hydrogens is 264 g/mol. The van der Waals surface area contributed by atoms with Gasteiger partial charge in [-0.2, -0.15) is 5.10 Å². The fourth-order valence-electron chi connectivity index (χ4n) is 2.26. The van der Waals surface area contributed by atoms with E-state index in [-0.39, 0.29) is 6.10 Å². The van der Waals surface area contributed by atoms with E-state index >= 15 is 0 Å². The van der Waals surface area contributed by atoms with Crippen molar-refractivity contribution in [3.8, 4) is 0 Å². The average Bonchev–Trinajstić information content (AvgIpc) is 2.65. The van der Waals surface area contributed by atoms with Crippen LogP contribution < -0.4 is 0 Å². The number of aromatic nitrogens is 2. The minimum Gasteiger partial charge on any atom is -0.390 e. The van der Waals surface area contributed by atoms with E-state index in [1.807, 2.05) is 20.9 Å². The number of hydrogen-bond acceptors (Lipinski definition) is 3. The zero-order valence-corrected chi connectivity index (χ0v) is 13.1. The van der Waals surface area contributed by atoms with Gasteiger partial charge in [0.25, 0.3) is 0 Å². The SMILES string of the molecule is CCCC(OCC)C(O)Cc1c(Cl)c(CC)nn1C. The highest BCUT2D eigenvalue weighted by molar-refractivity contribution is 6.31. The minimum absolute atomic E-state index is 0.133. The van der Waals surface area contributed by atoms with Gasteiger partial charge in [-0.3, -0.25) is 4.68 Å². The summed E-state index contributed by atoms with van der Waals surface area (Å²) in [5.41, 5.74) is 1.77. The van der Waals surface area contributed by atoms with Gasteiger partial charge < -0.3 is 9.84 Å². The monoisotopic (exact) mass is 288 g/mol. The van der Waals surface area contributed by atoms with Gasteiger partial charge in [0.1, 0.15) is 0 Å². The van der Waals surface area contributed by atoms with Gasteiger partial charge in [-0.15, -0.1) is 0 Å². The molecule has 1 aromatic rings. The predicted octanol–water partition coefficient (Wildman–Crippen LogP) is 2.74. The smallest absolute Gasteiger partial charge is 0.0857 e. The number of hydrogen-bond donors (Lipinski definition) is 1. The maximum Gasteiger partial charge on any atom is 0.0857 e. The highest BCUT2D eigenvalue weighted by Gasteiger charge is 2.23. The van der Waals surface area contributed by atoms with Crippen LogP contribution in [0.15, 0.2) is 0 Å². The van der Waals surface area contributed by atoms with Crippen LogP contribution in [0.1, 0.15) is 45.0 Å². The summed E-state index contributed by atoms with van der Waals surface area (Å²) in [7, 11) is 1.86. The van der Waals surface area contributed by atoms with Crippen molar-refractivity contribution in [2.24, 2.45) is 7.05 Å². The molecule has 0 aliphatic rings. The van der Waals surface area contributed by atoms with Crippen molar-refractivity contribution in [1.29, 1.82) is 0 Å². The molecule has 0 saturated carbocycles. The van der Waals surface area contributed by atoms with Crippen LogP contribution >= 0.6 is 11.6 Å². The Bertz CT molecular complexity index is 387. The summed E-state index contributed by atoms with van der Waals surface area (Å²) in [5.74, 6) is 0. The van der Waals surface area contributed by atoms with Crippen molar-refractivity contribution < 1.29 is 9.84 Å². The van der Waals surface area contributed by atoms with E-state index in [9.17, 15) is 5.11 Å². The van der Waals surface area contributed by atoms with Gasteiger partial charge in [0.15, 0.2) is 0 Å². The molecule has 2 unspecified atom stereocenters. The molecule has 0 bridgehead atoms. The van der Waals surface area contributed by atoms with Gasteiger partial charge in [-0.25, -0.2) is 0 Å². The average molecular weight is 289 g/mol. The lowest BCUT2D eigenvalue weighted by molar-refractivity contribution is -0.0369. The van der Waals surface area contributed by atoms with Crippen molar-refractivity contribution in [3.63, 3.8) is 0 Å². The van der Waals surface area contributed by atoms with E-state index in [1.165, 1.54) is 0 Å². The summed E-state index contributed by atoms with van der Waals surface area (Å²) in [5, 5.41) is 15.4. The second-order valence-electron chi connectivity index (χ2n) is 4.74. The largest absolute Gasteiger partial charge is 0.390 e. The van der Waals surface area contributed by atoms with Crippen molar-refractivity contribution in [2.45, 2.75) is 58.7 Å². The molecule has 0 spiro atoms. The van der Waals surface area contributed by atoms with E-state index < -0.39 is 6.10 Å². The Labute approximate surface area is 120 Å². The highest BCUT2D eigenvalue weighted by atomic mass is 35.5. The molecule has 0 saturated heterocycles. The summed E-state index contributed by atoms with van der Waals surface area (Å²) in [6.45, 7) is 6.67. The summed E-state index contributed by atoms with van der Waals surface area (Å²) in [6.07, 6.45) is 2.44. The fraction of sp³-hybridized carbons (Fsp3) is 0.786. The summed E-state index contributed by atoms with van der Waals surface area (Å²) >= 11 is 6.30. The van der Waals surface area contributed by atoms with Crippen LogP contribution in [-0.4, -0.2) is 33.7 Å². The molecule has 1 heterocycles. The Kier molecular flexibility index (Phi) is 6.83. The molecule has 0 aromatic carbocycles. The van der Waals surface area contributed by atoms with Gasteiger partial charge in [-0.1, -0.05) is 31.9 Å². The topological polar surface area (TPSA) is 47.3 Å². The third kappa shape index (κ3) is 4.20. The Balaban J connectivity index is 2.79. The van der Waals surface area contributed by atoms with Crippen LogP contribution in [0.3, 0.4) is 0 Å². The first-order valence-corrected chi connectivity index (χ1v) is 7.42. The van der Waals surface area contributed by atoms with Crippen LogP contribution in [0.2, 0.25) is 5.02 Å². The van der Waals surface area contributed by atoms with Crippen molar-refractivity contribution in [3.05, 3.63) is 16.4 Å². The Morgan fingerprint density at radius 2 is 2.05 bits per heavy atom. The van der Waals surface area contributed by atoms with Gasteiger partial charge >= 0.3 is 0 Å². The third-order valence-electron chi connectivity index (χ3n) is 3.29. The molecule has 4 nitrogen and oxygen atoms in total. The van der Waals surface area contributed by atoms with Gasteiger partial charge in [0.2, 0.25) is 0 Å². The van der Waals surface area contributed by atoms with Crippen molar-refractivity contribution >= 4 is 11.6 Å². The first kappa shape index (κ1) is 16.5. The lowest BCUT2D eigenvalue weighted by atomic mass is 10.0. The summed E-state index contributed by atoms with van der Waals surface area (Å²) in [6, 6.07) is 0. The third-order valence-corrected chi connectivity index (χ3v) is 3.72. The second kappa shape index (κ2) is 7.88. The van der Waals surface area contributed by atoms with Crippen molar-refractivity contribution in [2.75, 3.05) is 6.61 Å². The van der Waals surface area contributed by atoms with Crippen LogP contribution in [0.5, 0.6) is 0 Å². The van der Waals surface area contributed by atoms with Crippen LogP contribution in [0, 0.1) is 0 Å². The van der Waals surface area contributed by atoms with E-state index in [0.717, 1.165) is 30.7 Å². The van der Waals surface area contributed by atoms with E-state index in [2.05, 4.69) is 12.0 Å². The van der Waals surface area contributed by atoms with Gasteiger partial charge in [0, 0.05) is 20.1 Å². The number of aryl methyl sites for hydroxylation is 2. The molecule has 19 heavy (non-hydrogen) atoms. The van der Waals surface area contributed by atoms with Gasteiger partial charge in [-0.05, 0) is 19.8 Å². The molecule has 5 heteroatoms. The molecule has 0 radical (unpaired) electrons. The molecule has 0 aliphatic carbocycles. The predicted molar refractivity (Wildman–Crippen MR) is 77.6 cm³/mol. The lowest BCUT2D eigenvalue weighted by Gasteiger charge is -2.22. The molecule has 110 valence electrons. The number of aliphatic hydroxyl groups excluding tert-OH is 1. The van der Waals surface area contributed by atoms with E-state index in [1.54, 1.807) is 4.68 Å². The molecule has 2 atom stereocenters. The fourth-order valence-corrected chi connectivity index (χ4v) is 2.63. The molecule has 1 N–H and O–H groups in total. The van der Waals surface area contributed by atoms with Gasteiger partial charge in [0.05, 0.1) is 28.6 Å². The number of nitrogens with zero attached hydrogens (tertiary/aromatic N) is 2. The van der Waals surface area contributed by atoms with Crippen molar-refractivity contribution in [1.82, 2.24) is 9.78 Å². The van der Waals surface area contributed by atoms with E-state index in [4.69, 9.17) is 16.3 Å². The number of rotatable bonds is 8. The van der Waals surface area contributed by atoms with Crippen LogP contribution in [0.25, 0.3) is 0 Å². The Hall–Kier alpha value is -0.580. The molecule has 0 amide bonds. The number of halogens is 1.